The third-order valence-corrected chi connectivity index (χ3v) is 4.19. The highest BCUT2D eigenvalue weighted by Gasteiger charge is 2.39. The SMILES string of the molecule is COC(=O)C(c1cccc(C)c1Br)C1CC1. The molecule has 0 N–H and O–H groups in total. The maximum absolute atomic E-state index is 11.8. The van der Waals surface area contributed by atoms with Crippen molar-refractivity contribution in [2.75, 3.05) is 7.11 Å². The molecule has 1 aromatic rings. The van der Waals surface area contributed by atoms with E-state index in [4.69, 9.17) is 4.74 Å². The summed E-state index contributed by atoms with van der Waals surface area (Å²) in [6, 6.07) is 6.04. The van der Waals surface area contributed by atoms with Crippen LogP contribution in [0.25, 0.3) is 0 Å². The number of esters is 1. The molecule has 0 saturated heterocycles. The minimum Gasteiger partial charge on any atom is -0.469 e. The van der Waals surface area contributed by atoms with Gasteiger partial charge in [0.25, 0.3) is 0 Å². The van der Waals surface area contributed by atoms with Gasteiger partial charge in [-0.05, 0) is 36.8 Å². The summed E-state index contributed by atoms with van der Waals surface area (Å²) in [5.74, 6) is 0.249. The lowest BCUT2D eigenvalue weighted by Crippen LogP contribution is -2.17. The number of aryl methyl sites for hydroxylation is 1. The molecule has 1 aliphatic carbocycles. The van der Waals surface area contributed by atoms with Crippen molar-refractivity contribution in [3.8, 4) is 0 Å². The number of methoxy groups -OCH3 is 1. The third kappa shape index (κ3) is 2.14. The van der Waals surface area contributed by atoms with Crippen molar-refractivity contribution in [2.24, 2.45) is 5.92 Å². The Hall–Kier alpha value is -0.830. The predicted octanol–water partition coefficient (Wildman–Crippen LogP) is 3.42. The first-order valence-corrected chi connectivity index (χ1v) is 6.27. The number of benzene rings is 1. The van der Waals surface area contributed by atoms with Gasteiger partial charge in [0.05, 0.1) is 13.0 Å². The van der Waals surface area contributed by atoms with Crippen molar-refractivity contribution in [3.05, 3.63) is 33.8 Å². The molecule has 3 heteroatoms. The fourth-order valence-corrected chi connectivity index (χ4v) is 2.55. The average Bonchev–Trinajstić information content (AvgIpc) is 3.08. The Morgan fingerprint density at radius 3 is 2.75 bits per heavy atom. The van der Waals surface area contributed by atoms with E-state index in [0.29, 0.717) is 5.92 Å². The van der Waals surface area contributed by atoms with Gasteiger partial charge in [-0.2, -0.15) is 0 Å². The summed E-state index contributed by atoms with van der Waals surface area (Å²) in [5, 5.41) is 0. The van der Waals surface area contributed by atoms with Crippen LogP contribution in [0.4, 0.5) is 0 Å². The normalized spacial score (nSPS) is 16.9. The lowest BCUT2D eigenvalue weighted by Gasteiger charge is -2.16. The van der Waals surface area contributed by atoms with Crippen LogP contribution in [0.15, 0.2) is 22.7 Å². The minimum absolute atomic E-state index is 0.0979. The van der Waals surface area contributed by atoms with Gasteiger partial charge in [0.2, 0.25) is 0 Å². The monoisotopic (exact) mass is 282 g/mol. The zero-order chi connectivity index (χ0) is 11.7. The summed E-state index contributed by atoms with van der Waals surface area (Å²) >= 11 is 3.57. The van der Waals surface area contributed by atoms with Gasteiger partial charge in [-0.15, -0.1) is 0 Å². The first-order chi connectivity index (χ1) is 7.65. The molecule has 0 radical (unpaired) electrons. The van der Waals surface area contributed by atoms with E-state index in [1.54, 1.807) is 0 Å². The fourth-order valence-electron chi connectivity index (χ4n) is 2.04. The molecule has 1 aromatic carbocycles. The molecule has 2 nitrogen and oxygen atoms in total. The molecule has 0 amide bonds. The summed E-state index contributed by atoms with van der Waals surface area (Å²) in [4.78, 5) is 11.8. The second-order valence-electron chi connectivity index (χ2n) is 4.32. The Labute approximate surface area is 104 Å². The molecule has 0 aliphatic heterocycles. The Morgan fingerprint density at radius 2 is 2.19 bits per heavy atom. The van der Waals surface area contributed by atoms with Crippen LogP contribution in [0.3, 0.4) is 0 Å². The summed E-state index contributed by atoms with van der Waals surface area (Å²) in [5.41, 5.74) is 2.22. The van der Waals surface area contributed by atoms with Crippen molar-refractivity contribution in [3.63, 3.8) is 0 Å². The summed E-state index contributed by atoms with van der Waals surface area (Å²) in [7, 11) is 1.46. The molecule has 86 valence electrons. The van der Waals surface area contributed by atoms with E-state index in [1.807, 2.05) is 25.1 Å². The van der Waals surface area contributed by atoms with Crippen LogP contribution in [0.1, 0.15) is 29.9 Å². The molecule has 1 atom stereocenters. The largest absolute Gasteiger partial charge is 0.469 e. The van der Waals surface area contributed by atoms with E-state index in [-0.39, 0.29) is 11.9 Å². The van der Waals surface area contributed by atoms with Gasteiger partial charge < -0.3 is 4.74 Å². The number of carbonyl (C=O) groups is 1. The highest BCUT2D eigenvalue weighted by molar-refractivity contribution is 9.10. The molecule has 0 aromatic heterocycles. The second kappa shape index (κ2) is 4.58. The van der Waals surface area contributed by atoms with Crippen LogP contribution in [0, 0.1) is 12.8 Å². The number of rotatable bonds is 3. The maximum Gasteiger partial charge on any atom is 0.313 e. The van der Waals surface area contributed by atoms with Crippen LogP contribution in [0.5, 0.6) is 0 Å². The van der Waals surface area contributed by atoms with Crippen molar-refractivity contribution in [1.82, 2.24) is 0 Å². The van der Waals surface area contributed by atoms with Crippen molar-refractivity contribution < 1.29 is 9.53 Å². The molecule has 1 fully saturated rings. The highest BCUT2D eigenvalue weighted by atomic mass is 79.9. The van der Waals surface area contributed by atoms with Gasteiger partial charge in [-0.1, -0.05) is 34.1 Å². The number of hydrogen-bond acceptors (Lipinski definition) is 2. The quantitative estimate of drug-likeness (QED) is 0.794. The highest BCUT2D eigenvalue weighted by Crippen LogP contribution is 2.45. The third-order valence-electron chi connectivity index (χ3n) is 3.11. The Kier molecular flexibility index (Phi) is 3.33. The van der Waals surface area contributed by atoms with Crippen LogP contribution in [-0.2, 0) is 9.53 Å². The number of hydrogen-bond donors (Lipinski definition) is 0. The molecule has 0 spiro atoms. The van der Waals surface area contributed by atoms with Gasteiger partial charge in [-0.25, -0.2) is 0 Å². The zero-order valence-electron chi connectivity index (χ0n) is 9.50. The molecular formula is C13H15BrO2. The maximum atomic E-state index is 11.8. The molecular weight excluding hydrogens is 268 g/mol. The van der Waals surface area contributed by atoms with E-state index in [9.17, 15) is 4.79 Å². The second-order valence-corrected chi connectivity index (χ2v) is 5.11. The van der Waals surface area contributed by atoms with Gasteiger partial charge in [0, 0.05) is 4.47 Å². The summed E-state index contributed by atoms with van der Waals surface area (Å²) in [6.45, 7) is 2.04. The first kappa shape index (κ1) is 11.6. The van der Waals surface area contributed by atoms with Gasteiger partial charge >= 0.3 is 5.97 Å². The molecule has 16 heavy (non-hydrogen) atoms. The number of ether oxygens (including phenoxy) is 1. The van der Waals surface area contributed by atoms with E-state index in [0.717, 1.165) is 28.4 Å². The molecule has 2 rings (SSSR count). The lowest BCUT2D eigenvalue weighted by molar-refractivity contribution is -0.143. The van der Waals surface area contributed by atoms with Crippen LogP contribution >= 0.6 is 15.9 Å². The number of halogens is 1. The van der Waals surface area contributed by atoms with Crippen LogP contribution in [0.2, 0.25) is 0 Å². The average molecular weight is 283 g/mol. The van der Waals surface area contributed by atoms with E-state index in [2.05, 4.69) is 15.9 Å². The molecule has 1 unspecified atom stereocenters. The van der Waals surface area contributed by atoms with Crippen molar-refractivity contribution in [2.45, 2.75) is 25.7 Å². The topological polar surface area (TPSA) is 26.3 Å². The molecule has 0 bridgehead atoms. The van der Waals surface area contributed by atoms with Gasteiger partial charge in [0.15, 0.2) is 0 Å². The first-order valence-electron chi connectivity index (χ1n) is 5.48. The Bertz CT molecular complexity index is 410. The smallest absolute Gasteiger partial charge is 0.313 e. The molecule has 0 heterocycles. The Morgan fingerprint density at radius 1 is 1.50 bits per heavy atom. The van der Waals surface area contributed by atoms with Crippen LogP contribution < -0.4 is 0 Å². The molecule has 1 saturated carbocycles. The number of carbonyl (C=O) groups excluding carboxylic acids is 1. The van der Waals surface area contributed by atoms with Crippen molar-refractivity contribution >= 4 is 21.9 Å². The van der Waals surface area contributed by atoms with Gasteiger partial charge in [-0.3, -0.25) is 4.79 Å². The van der Waals surface area contributed by atoms with Gasteiger partial charge in [0.1, 0.15) is 0 Å². The van der Waals surface area contributed by atoms with E-state index >= 15 is 0 Å². The van der Waals surface area contributed by atoms with Crippen molar-refractivity contribution in [1.29, 1.82) is 0 Å². The van der Waals surface area contributed by atoms with Crippen LogP contribution in [-0.4, -0.2) is 13.1 Å². The standard InChI is InChI=1S/C13H15BrO2/c1-8-4-3-5-10(12(8)14)11(9-6-7-9)13(15)16-2/h3-5,9,11H,6-7H2,1-2H3. The Balaban J connectivity index is 2.38. The zero-order valence-corrected chi connectivity index (χ0v) is 11.1. The lowest BCUT2D eigenvalue weighted by atomic mass is 9.93. The molecule has 1 aliphatic rings. The fraction of sp³-hybridized carbons (Fsp3) is 0.462. The van der Waals surface area contributed by atoms with E-state index < -0.39 is 0 Å². The summed E-state index contributed by atoms with van der Waals surface area (Å²) < 4.78 is 5.94. The van der Waals surface area contributed by atoms with E-state index in [1.165, 1.54) is 7.11 Å². The minimum atomic E-state index is -0.117. The predicted molar refractivity (Wildman–Crippen MR) is 66.4 cm³/mol. The summed E-state index contributed by atoms with van der Waals surface area (Å²) in [6.07, 6.45) is 2.25.